The third-order valence-electron chi connectivity index (χ3n) is 1.96. The number of hydrogen-bond acceptors (Lipinski definition) is 4. The molecule has 0 rings (SSSR count). The average Bonchev–Trinajstić information content (AvgIpc) is 2.17. The van der Waals surface area contributed by atoms with Gasteiger partial charge >= 0.3 is 5.97 Å². The molecule has 0 bridgehead atoms. The number of ketones is 1. The molecule has 0 aromatic rings. The highest BCUT2D eigenvalue weighted by atomic mass is 19.3. The Hall–Kier alpha value is -1.04. The first-order valence-corrected chi connectivity index (χ1v) is 4.88. The molecule has 6 heteroatoms. The smallest absolute Gasteiger partial charge is 0.319 e. The van der Waals surface area contributed by atoms with Crippen LogP contribution in [0.4, 0.5) is 8.78 Å². The van der Waals surface area contributed by atoms with Gasteiger partial charge in [0.05, 0.1) is 6.61 Å². The van der Waals surface area contributed by atoms with E-state index in [2.05, 4.69) is 4.74 Å². The van der Waals surface area contributed by atoms with Gasteiger partial charge in [-0.25, -0.2) is 8.78 Å². The molecule has 94 valence electrons. The molecule has 0 aliphatic heterocycles. The Bertz CT molecular complexity index is 251. The first-order chi connectivity index (χ1) is 7.32. The minimum Gasteiger partial charge on any atom is -0.465 e. The number of carbonyl (C=O) groups excluding carboxylic acids is 2. The minimum absolute atomic E-state index is 0.160. The molecule has 0 N–H and O–H groups in total. The van der Waals surface area contributed by atoms with E-state index in [1.807, 2.05) is 0 Å². The summed E-state index contributed by atoms with van der Waals surface area (Å²) < 4.78 is 32.6. The van der Waals surface area contributed by atoms with E-state index < -0.39 is 36.8 Å². The summed E-state index contributed by atoms with van der Waals surface area (Å²) in [5.74, 6) is -1.26. The van der Waals surface area contributed by atoms with Gasteiger partial charge in [0.2, 0.25) is 0 Å². The van der Waals surface area contributed by atoms with Crippen LogP contribution in [0.2, 0.25) is 0 Å². The van der Waals surface area contributed by atoms with Gasteiger partial charge in [-0.05, 0) is 20.8 Å². The quantitative estimate of drug-likeness (QED) is 0.497. The number of hydrogen-bond donors (Lipinski definition) is 0. The third-order valence-corrected chi connectivity index (χ3v) is 1.96. The second kappa shape index (κ2) is 6.52. The summed E-state index contributed by atoms with van der Waals surface area (Å²) in [7, 11) is 0. The summed E-state index contributed by atoms with van der Waals surface area (Å²) in [6.45, 7) is 3.19. The minimum atomic E-state index is -2.63. The van der Waals surface area contributed by atoms with Gasteiger partial charge in [-0.1, -0.05) is 0 Å². The zero-order valence-electron chi connectivity index (χ0n) is 9.59. The molecule has 0 amide bonds. The molecule has 0 aromatic carbocycles. The zero-order chi connectivity index (χ0) is 12.8. The van der Waals surface area contributed by atoms with Crippen LogP contribution >= 0.6 is 0 Å². The lowest BCUT2D eigenvalue weighted by Crippen LogP contribution is -2.37. The van der Waals surface area contributed by atoms with Crippen LogP contribution in [0.1, 0.15) is 20.8 Å². The Balaban J connectivity index is 4.19. The van der Waals surface area contributed by atoms with Crippen molar-refractivity contribution in [2.24, 2.45) is 5.41 Å². The van der Waals surface area contributed by atoms with E-state index in [-0.39, 0.29) is 6.61 Å². The van der Waals surface area contributed by atoms with E-state index in [1.165, 1.54) is 13.8 Å². The number of alkyl halides is 2. The van der Waals surface area contributed by atoms with Crippen LogP contribution < -0.4 is 0 Å². The van der Waals surface area contributed by atoms with Crippen LogP contribution in [0.15, 0.2) is 0 Å². The molecule has 0 aliphatic rings. The Morgan fingerprint density at radius 2 is 1.88 bits per heavy atom. The maximum absolute atomic E-state index is 11.7. The molecule has 0 unspecified atom stereocenters. The molecule has 0 heterocycles. The van der Waals surface area contributed by atoms with E-state index >= 15 is 0 Å². The molecule has 0 aliphatic carbocycles. The fourth-order valence-corrected chi connectivity index (χ4v) is 0.846. The number of carbonyl (C=O) groups is 2. The summed E-state index contributed by atoms with van der Waals surface area (Å²) in [5.41, 5.74) is -1.36. The number of ether oxygens (including phenoxy) is 2. The van der Waals surface area contributed by atoms with Crippen LogP contribution in [-0.4, -0.2) is 38.0 Å². The standard InChI is InChI=1S/C10H16F2O4/c1-4-16-9(14)10(2,3)7(13)5-15-6-8(11)12/h8H,4-6H2,1-3H3. The fourth-order valence-electron chi connectivity index (χ4n) is 0.846. The SMILES string of the molecule is CCOC(=O)C(C)(C)C(=O)COCC(F)F. The predicted molar refractivity (Wildman–Crippen MR) is 52.2 cm³/mol. The van der Waals surface area contributed by atoms with Crippen molar-refractivity contribution in [1.29, 1.82) is 0 Å². The van der Waals surface area contributed by atoms with Crippen LogP contribution in [0.3, 0.4) is 0 Å². The highest BCUT2D eigenvalue weighted by Gasteiger charge is 2.37. The average molecular weight is 238 g/mol. The van der Waals surface area contributed by atoms with Crippen LogP contribution in [0.25, 0.3) is 0 Å². The van der Waals surface area contributed by atoms with Gasteiger partial charge < -0.3 is 9.47 Å². The van der Waals surface area contributed by atoms with Crippen LogP contribution in [-0.2, 0) is 19.1 Å². The Labute approximate surface area is 92.9 Å². The summed E-state index contributed by atoms with van der Waals surface area (Å²) in [6, 6.07) is 0. The van der Waals surface area contributed by atoms with E-state index in [0.717, 1.165) is 0 Å². The summed E-state index contributed by atoms with van der Waals surface area (Å²) in [5, 5.41) is 0. The predicted octanol–water partition coefficient (Wildman–Crippen LogP) is 1.43. The number of Topliss-reactive ketones (excluding diaryl/α,β-unsaturated/α-hetero) is 1. The summed E-state index contributed by atoms with van der Waals surface area (Å²) in [6.07, 6.45) is -2.63. The van der Waals surface area contributed by atoms with E-state index in [0.29, 0.717) is 0 Å². The second-order valence-electron chi connectivity index (χ2n) is 3.67. The van der Waals surface area contributed by atoms with Gasteiger partial charge in [0, 0.05) is 0 Å². The van der Waals surface area contributed by atoms with Crippen LogP contribution in [0, 0.1) is 5.41 Å². The van der Waals surface area contributed by atoms with Crippen molar-refractivity contribution in [2.75, 3.05) is 19.8 Å². The Morgan fingerprint density at radius 3 is 2.31 bits per heavy atom. The van der Waals surface area contributed by atoms with E-state index in [1.54, 1.807) is 6.92 Å². The Kier molecular flexibility index (Phi) is 6.10. The molecule has 0 aromatic heterocycles. The van der Waals surface area contributed by atoms with Gasteiger partial charge in [-0.15, -0.1) is 0 Å². The first-order valence-electron chi connectivity index (χ1n) is 4.88. The summed E-state index contributed by atoms with van der Waals surface area (Å²) >= 11 is 0. The molecule has 0 radical (unpaired) electrons. The fraction of sp³-hybridized carbons (Fsp3) is 0.800. The number of esters is 1. The van der Waals surface area contributed by atoms with Crippen molar-refractivity contribution in [3.63, 3.8) is 0 Å². The van der Waals surface area contributed by atoms with E-state index in [4.69, 9.17) is 4.74 Å². The molecule has 0 fully saturated rings. The van der Waals surface area contributed by atoms with Crippen LogP contribution in [0.5, 0.6) is 0 Å². The van der Waals surface area contributed by atoms with Crippen molar-refractivity contribution in [2.45, 2.75) is 27.2 Å². The van der Waals surface area contributed by atoms with Gasteiger partial charge in [-0.2, -0.15) is 0 Å². The van der Waals surface area contributed by atoms with Gasteiger partial charge in [0.1, 0.15) is 18.6 Å². The number of halogens is 2. The largest absolute Gasteiger partial charge is 0.465 e. The van der Waals surface area contributed by atoms with Gasteiger partial charge in [-0.3, -0.25) is 9.59 Å². The molecule has 0 saturated heterocycles. The normalized spacial score (nSPS) is 11.6. The van der Waals surface area contributed by atoms with Gasteiger partial charge in [0.25, 0.3) is 6.43 Å². The monoisotopic (exact) mass is 238 g/mol. The van der Waals surface area contributed by atoms with E-state index in [9.17, 15) is 18.4 Å². The van der Waals surface area contributed by atoms with Crippen molar-refractivity contribution < 1.29 is 27.8 Å². The molecule has 16 heavy (non-hydrogen) atoms. The molecular weight excluding hydrogens is 222 g/mol. The van der Waals surface area contributed by atoms with Crippen molar-refractivity contribution in [1.82, 2.24) is 0 Å². The zero-order valence-corrected chi connectivity index (χ0v) is 9.59. The first kappa shape index (κ1) is 15.0. The Morgan fingerprint density at radius 1 is 1.31 bits per heavy atom. The highest BCUT2D eigenvalue weighted by molar-refractivity contribution is 6.03. The molecule has 0 spiro atoms. The molecular formula is C10H16F2O4. The molecule has 4 nitrogen and oxygen atoms in total. The molecule has 0 atom stereocenters. The van der Waals surface area contributed by atoms with Crippen molar-refractivity contribution >= 4 is 11.8 Å². The highest BCUT2D eigenvalue weighted by Crippen LogP contribution is 2.19. The van der Waals surface area contributed by atoms with Gasteiger partial charge in [0.15, 0.2) is 5.78 Å². The summed E-state index contributed by atoms with van der Waals surface area (Å²) in [4.78, 5) is 22.8. The lowest BCUT2D eigenvalue weighted by Gasteiger charge is -2.20. The van der Waals surface area contributed by atoms with Crippen molar-refractivity contribution in [3.05, 3.63) is 0 Å². The lowest BCUT2D eigenvalue weighted by atomic mass is 9.88. The maximum atomic E-state index is 11.7. The van der Waals surface area contributed by atoms with Crippen molar-refractivity contribution in [3.8, 4) is 0 Å². The topological polar surface area (TPSA) is 52.6 Å². The lowest BCUT2D eigenvalue weighted by molar-refractivity contribution is -0.159. The number of rotatable bonds is 7. The maximum Gasteiger partial charge on any atom is 0.319 e. The second-order valence-corrected chi connectivity index (χ2v) is 3.67. The third kappa shape index (κ3) is 4.65. The molecule has 0 saturated carbocycles.